The molecule has 0 aliphatic carbocycles. The van der Waals surface area contributed by atoms with Crippen LogP contribution in [0.25, 0.3) is 11.0 Å². The Morgan fingerprint density at radius 2 is 1.95 bits per heavy atom. The highest BCUT2D eigenvalue weighted by atomic mass is 15.1. The normalized spacial score (nSPS) is 10.6. The van der Waals surface area contributed by atoms with Gasteiger partial charge in [-0.15, -0.1) is 0 Å². The second-order valence-electron chi connectivity index (χ2n) is 4.86. The minimum atomic E-state index is 0.509. The summed E-state index contributed by atoms with van der Waals surface area (Å²) in [6.07, 6.45) is 0. The highest BCUT2D eigenvalue weighted by molar-refractivity contribution is 5.79. The monoisotopic (exact) mass is 262 g/mol. The zero-order chi connectivity index (χ0) is 14.1. The summed E-state index contributed by atoms with van der Waals surface area (Å²) in [4.78, 5) is 4.39. The molecule has 3 aromatic rings. The van der Waals surface area contributed by atoms with Gasteiger partial charge in [-0.1, -0.05) is 18.2 Å². The van der Waals surface area contributed by atoms with Crippen molar-refractivity contribution in [3.05, 3.63) is 59.2 Å². The Morgan fingerprint density at radius 1 is 1.20 bits per heavy atom. The molecule has 0 fully saturated rings. The third-order valence-electron chi connectivity index (χ3n) is 3.36. The first-order chi connectivity index (χ1) is 9.67. The van der Waals surface area contributed by atoms with Gasteiger partial charge >= 0.3 is 0 Å². The molecule has 0 saturated carbocycles. The predicted molar refractivity (Wildman–Crippen MR) is 79.1 cm³/mol. The zero-order valence-electron chi connectivity index (χ0n) is 11.2. The minimum absolute atomic E-state index is 0.509. The van der Waals surface area contributed by atoms with Crippen LogP contribution >= 0.6 is 0 Å². The van der Waals surface area contributed by atoms with Crippen LogP contribution in [-0.2, 0) is 6.54 Å². The summed E-state index contributed by atoms with van der Waals surface area (Å²) in [5, 5.41) is 8.81. The summed E-state index contributed by atoms with van der Waals surface area (Å²) in [7, 11) is 0. The summed E-state index contributed by atoms with van der Waals surface area (Å²) in [6, 6.07) is 15.8. The van der Waals surface area contributed by atoms with Crippen LogP contribution in [0, 0.1) is 18.3 Å². The van der Waals surface area contributed by atoms with Crippen molar-refractivity contribution < 1.29 is 0 Å². The van der Waals surface area contributed by atoms with Crippen LogP contribution in [0.3, 0.4) is 0 Å². The molecule has 98 valence electrons. The van der Waals surface area contributed by atoms with Crippen LogP contribution < -0.4 is 5.73 Å². The van der Waals surface area contributed by atoms with Gasteiger partial charge in [0.25, 0.3) is 0 Å². The van der Waals surface area contributed by atoms with Crippen molar-refractivity contribution in [1.82, 2.24) is 9.55 Å². The van der Waals surface area contributed by atoms with Crippen molar-refractivity contribution in [3.8, 4) is 6.07 Å². The van der Waals surface area contributed by atoms with Crippen LogP contribution in [0.4, 0.5) is 5.95 Å². The molecule has 20 heavy (non-hydrogen) atoms. The summed E-state index contributed by atoms with van der Waals surface area (Å²) < 4.78 is 1.98. The van der Waals surface area contributed by atoms with Crippen molar-refractivity contribution in [1.29, 1.82) is 5.26 Å². The first kappa shape index (κ1) is 12.2. The van der Waals surface area contributed by atoms with Crippen LogP contribution in [0.1, 0.15) is 16.7 Å². The first-order valence-corrected chi connectivity index (χ1v) is 6.39. The molecule has 0 spiro atoms. The maximum absolute atomic E-state index is 8.81. The van der Waals surface area contributed by atoms with Gasteiger partial charge in [-0.25, -0.2) is 4.98 Å². The molecule has 0 unspecified atom stereocenters. The molecule has 2 N–H and O–H groups in total. The molecular formula is C16H14N4. The van der Waals surface area contributed by atoms with E-state index in [2.05, 4.69) is 17.1 Å². The lowest BCUT2D eigenvalue weighted by Crippen LogP contribution is -2.04. The molecule has 0 atom stereocenters. The Morgan fingerprint density at radius 3 is 2.65 bits per heavy atom. The molecule has 1 heterocycles. The second kappa shape index (κ2) is 4.71. The lowest BCUT2D eigenvalue weighted by molar-refractivity contribution is 0.838. The fourth-order valence-electron chi connectivity index (χ4n) is 2.29. The molecule has 4 heteroatoms. The maximum atomic E-state index is 8.81. The van der Waals surface area contributed by atoms with Gasteiger partial charge in [-0.05, 0) is 42.3 Å². The largest absolute Gasteiger partial charge is 0.369 e. The Hall–Kier alpha value is -2.80. The van der Waals surface area contributed by atoms with Crippen molar-refractivity contribution in [2.75, 3.05) is 5.73 Å². The molecule has 2 aromatic carbocycles. The fraction of sp³-hybridized carbons (Fsp3) is 0.125. The lowest BCUT2D eigenvalue weighted by atomic mass is 10.1. The number of benzene rings is 2. The SMILES string of the molecule is Cc1ccc2c(c1)nc(N)n2Cc1ccc(C#N)cc1. The third-order valence-corrected chi connectivity index (χ3v) is 3.36. The average molecular weight is 262 g/mol. The number of fused-ring (bicyclic) bond motifs is 1. The van der Waals surface area contributed by atoms with Crippen LogP contribution in [0.15, 0.2) is 42.5 Å². The van der Waals surface area contributed by atoms with Gasteiger partial charge in [0.15, 0.2) is 0 Å². The third kappa shape index (κ3) is 2.10. The van der Waals surface area contributed by atoms with Crippen molar-refractivity contribution in [3.63, 3.8) is 0 Å². The molecule has 0 aliphatic rings. The molecule has 0 amide bonds. The van der Waals surface area contributed by atoms with Gasteiger partial charge in [-0.3, -0.25) is 0 Å². The van der Waals surface area contributed by atoms with Crippen molar-refractivity contribution in [2.45, 2.75) is 13.5 Å². The van der Waals surface area contributed by atoms with E-state index in [0.717, 1.165) is 16.6 Å². The van der Waals surface area contributed by atoms with E-state index < -0.39 is 0 Å². The second-order valence-corrected chi connectivity index (χ2v) is 4.86. The molecule has 0 radical (unpaired) electrons. The Bertz CT molecular complexity index is 807. The van der Waals surface area contributed by atoms with E-state index in [0.29, 0.717) is 18.1 Å². The van der Waals surface area contributed by atoms with E-state index in [-0.39, 0.29) is 0 Å². The summed E-state index contributed by atoms with van der Waals surface area (Å²) in [5.74, 6) is 0.509. The first-order valence-electron chi connectivity index (χ1n) is 6.39. The quantitative estimate of drug-likeness (QED) is 0.772. The number of rotatable bonds is 2. The molecule has 1 aromatic heterocycles. The summed E-state index contributed by atoms with van der Waals surface area (Å²) in [5.41, 5.74) is 10.9. The number of aromatic nitrogens is 2. The number of aryl methyl sites for hydroxylation is 1. The molecular weight excluding hydrogens is 248 g/mol. The number of anilines is 1. The van der Waals surface area contributed by atoms with Gasteiger partial charge < -0.3 is 10.3 Å². The van der Waals surface area contributed by atoms with E-state index in [4.69, 9.17) is 11.0 Å². The lowest BCUT2D eigenvalue weighted by Gasteiger charge is -2.07. The predicted octanol–water partition coefficient (Wildman–Crippen LogP) is 2.85. The van der Waals surface area contributed by atoms with Gasteiger partial charge in [-0.2, -0.15) is 5.26 Å². The van der Waals surface area contributed by atoms with Crippen LogP contribution in [0.5, 0.6) is 0 Å². The van der Waals surface area contributed by atoms with Crippen LogP contribution in [-0.4, -0.2) is 9.55 Å². The van der Waals surface area contributed by atoms with Gasteiger partial charge in [0, 0.05) is 0 Å². The zero-order valence-corrected chi connectivity index (χ0v) is 11.2. The van der Waals surface area contributed by atoms with E-state index in [9.17, 15) is 0 Å². The number of hydrogen-bond acceptors (Lipinski definition) is 3. The molecule has 0 aliphatic heterocycles. The smallest absolute Gasteiger partial charge is 0.201 e. The summed E-state index contributed by atoms with van der Waals surface area (Å²) >= 11 is 0. The van der Waals surface area contributed by atoms with E-state index in [1.807, 2.05) is 47.9 Å². The Labute approximate surface area is 117 Å². The van der Waals surface area contributed by atoms with Crippen molar-refractivity contribution >= 4 is 17.0 Å². The Kier molecular flexibility index (Phi) is 2.88. The van der Waals surface area contributed by atoms with E-state index in [1.165, 1.54) is 5.56 Å². The standard InChI is InChI=1S/C16H14N4/c1-11-2-7-15-14(8-11)19-16(18)20(15)10-13-5-3-12(9-17)4-6-13/h2-8H,10H2,1H3,(H2,18,19). The minimum Gasteiger partial charge on any atom is -0.369 e. The highest BCUT2D eigenvalue weighted by Crippen LogP contribution is 2.20. The van der Waals surface area contributed by atoms with Gasteiger partial charge in [0.1, 0.15) is 0 Å². The average Bonchev–Trinajstić information content (AvgIpc) is 2.75. The van der Waals surface area contributed by atoms with Gasteiger partial charge in [0.05, 0.1) is 29.2 Å². The highest BCUT2D eigenvalue weighted by Gasteiger charge is 2.08. The molecule has 4 nitrogen and oxygen atoms in total. The maximum Gasteiger partial charge on any atom is 0.201 e. The van der Waals surface area contributed by atoms with E-state index >= 15 is 0 Å². The number of hydrogen-bond donors (Lipinski definition) is 1. The molecule has 3 rings (SSSR count). The number of nitrogens with zero attached hydrogens (tertiary/aromatic N) is 3. The van der Waals surface area contributed by atoms with Crippen molar-refractivity contribution in [2.24, 2.45) is 0 Å². The molecule has 0 bridgehead atoms. The van der Waals surface area contributed by atoms with E-state index in [1.54, 1.807) is 0 Å². The number of nitrogens with two attached hydrogens (primary N) is 1. The number of nitrogen functional groups attached to an aromatic ring is 1. The summed E-state index contributed by atoms with van der Waals surface area (Å²) in [6.45, 7) is 2.69. The number of nitriles is 1. The Balaban J connectivity index is 2.01. The number of imidazole rings is 1. The van der Waals surface area contributed by atoms with Gasteiger partial charge in [0.2, 0.25) is 5.95 Å². The topological polar surface area (TPSA) is 67.6 Å². The fourth-order valence-corrected chi connectivity index (χ4v) is 2.29. The van der Waals surface area contributed by atoms with Crippen LogP contribution in [0.2, 0.25) is 0 Å². The molecule has 0 saturated heterocycles.